The zero-order valence-electron chi connectivity index (χ0n) is 19.0. The second-order valence-electron chi connectivity index (χ2n) is 7.06. The van der Waals surface area contributed by atoms with Crippen LogP contribution in [0.25, 0.3) is 0 Å². The fraction of sp³-hybridized carbons (Fsp3) is 0.240. The minimum atomic E-state index is -3.97. The van der Waals surface area contributed by atoms with E-state index in [1.54, 1.807) is 49.7 Å². The van der Waals surface area contributed by atoms with Crippen molar-refractivity contribution in [1.82, 2.24) is 4.98 Å². The average molecular weight is 467 g/mol. The Morgan fingerprint density at radius 2 is 1.73 bits per heavy atom. The van der Waals surface area contributed by atoms with Crippen molar-refractivity contribution in [2.24, 2.45) is 0 Å². The molecule has 0 bridgehead atoms. The van der Waals surface area contributed by atoms with Gasteiger partial charge in [-0.25, -0.2) is 4.98 Å². The lowest BCUT2D eigenvalue weighted by atomic mass is 10.2. The maximum absolute atomic E-state index is 12.8. The van der Waals surface area contributed by atoms with E-state index in [0.717, 1.165) is 5.56 Å². The van der Waals surface area contributed by atoms with Crippen LogP contribution in [0.4, 0.5) is 5.69 Å². The molecular formula is C25H26N2O5S. The molecule has 0 radical (unpaired) electrons. The lowest BCUT2D eigenvalue weighted by Gasteiger charge is -2.23. The third kappa shape index (κ3) is 5.96. The molecule has 0 amide bonds. The van der Waals surface area contributed by atoms with Crippen LogP contribution in [-0.4, -0.2) is 40.7 Å². The molecule has 3 aromatic rings. The first kappa shape index (κ1) is 24.0. The molecule has 1 heterocycles. The first-order chi connectivity index (χ1) is 15.9. The molecule has 0 aliphatic heterocycles. The number of para-hydroxylation sites is 2. The number of aryl methyl sites for hydroxylation is 1. The second-order valence-corrected chi connectivity index (χ2v) is 8.61. The molecule has 3 rings (SSSR count). The highest BCUT2D eigenvalue weighted by Crippen LogP contribution is 2.30. The fourth-order valence-electron chi connectivity index (χ4n) is 3.05. The van der Waals surface area contributed by atoms with Crippen LogP contribution in [-0.2, 0) is 10.1 Å². The smallest absolute Gasteiger partial charge is 0.339 e. The first-order valence-corrected chi connectivity index (χ1v) is 11.7. The lowest BCUT2D eigenvalue weighted by molar-refractivity contribution is 0.381. The molecule has 172 valence electrons. The standard InChI is InChI=1S/C25H26N2O5S/c1-5-27(16-8-9-20-18-26-25(31-4)17-24(20)30-3)22-10-6-7-11-23(22)32-33(28,29)21-14-12-19(2)13-15-21/h6-7,10-15,17-18H,5,16H2,1-4H3. The molecule has 33 heavy (non-hydrogen) atoms. The minimum absolute atomic E-state index is 0.102. The Morgan fingerprint density at radius 3 is 2.39 bits per heavy atom. The van der Waals surface area contributed by atoms with Crippen LogP contribution >= 0.6 is 0 Å². The molecule has 0 spiro atoms. The summed E-state index contributed by atoms with van der Waals surface area (Å²) in [6, 6.07) is 15.2. The van der Waals surface area contributed by atoms with Gasteiger partial charge in [-0.15, -0.1) is 0 Å². The van der Waals surface area contributed by atoms with E-state index >= 15 is 0 Å². The molecule has 0 aliphatic carbocycles. The van der Waals surface area contributed by atoms with Crippen LogP contribution in [0.2, 0.25) is 0 Å². The van der Waals surface area contributed by atoms with Crippen LogP contribution in [0, 0.1) is 18.8 Å². The number of anilines is 1. The van der Waals surface area contributed by atoms with Gasteiger partial charge in [-0.1, -0.05) is 41.7 Å². The lowest BCUT2D eigenvalue weighted by Crippen LogP contribution is -2.24. The molecular weight excluding hydrogens is 440 g/mol. The van der Waals surface area contributed by atoms with Crippen molar-refractivity contribution in [2.75, 3.05) is 32.2 Å². The largest absolute Gasteiger partial charge is 0.495 e. The normalized spacial score (nSPS) is 10.7. The third-order valence-corrected chi connectivity index (χ3v) is 6.11. The van der Waals surface area contributed by atoms with Gasteiger partial charge >= 0.3 is 10.1 Å². The highest BCUT2D eigenvalue weighted by molar-refractivity contribution is 7.87. The fourth-order valence-corrected chi connectivity index (χ4v) is 3.99. The summed E-state index contributed by atoms with van der Waals surface area (Å²) in [5, 5.41) is 0. The summed E-state index contributed by atoms with van der Waals surface area (Å²) >= 11 is 0. The van der Waals surface area contributed by atoms with Crippen molar-refractivity contribution in [3.05, 3.63) is 71.9 Å². The van der Waals surface area contributed by atoms with Crippen molar-refractivity contribution in [3.63, 3.8) is 0 Å². The van der Waals surface area contributed by atoms with E-state index in [9.17, 15) is 8.42 Å². The highest BCUT2D eigenvalue weighted by Gasteiger charge is 2.20. The van der Waals surface area contributed by atoms with E-state index in [4.69, 9.17) is 13.7 Å². The molecule has 0 aliphatic rings. The van der Waals surface area contributed by atoms with E-state index in [-0.39, 0.29) is 10.6 Å². The Kier molecular flexibility index (Phi) is 7.80. The van der Waals surface area contributed by atoms with Gasteiger partial charge in [0.05, 0.1) is 38.2 Å². The molecule has 0 atom stereocenters. The molecule has 2 aromatic carbocycles. The van der Waals surface area contributed by atoms with E-state index in [2.05, 4.69) is 16.8 Å². The Hall–Kier alpha value is -3.70. The molecule has 0 fully saturated rings. The first-order valence-electron chi connectivity index (χ1n) is 10.3. The van der Waals surface area contributed by atoms with E-state index in [1.165, 1.54) is 19.2 Å². The van der Waals surface area contributed by atoms with Gasteiger partial charge in [0.15, 0.2) is 5.75 Å². The monoisotopic (exact) mass is 466 g/mol. The predicted molar refractivity (Wildman–Crippen MR) is 128 cm³/mol. The van der Waals surface area contributed by atoms with Gasteiger partial charge in [0, 0.05) is 12.6 Å². The van der Waals surface area contributed by atoms with Crippen molar-refractivity contribution in [2.45, 2.75) is 18.7 Å². The van der Waals surface area contributed by atoms with Crippen LogP contribution < -0.4 is 18.6 Å². The van der Waals surface area contributed by atoms with E-state index < -0.39 is 10.1 Å². The van der Waals surface area contributed by atoms with Crippen molar-refractivity contribution >= 4 is 15.8 Å². The number of aromatic nitrogens is 1. The van der Waals surface area contributed by atoms with Gasteiger partial charge in [-0.3, -0.25) is 0 Å². The number of methoxy groups -OCH3 is 2. The number of nitrogens with zero attached hydrogens (tertiary/aromatic N) is 2. The average Bonchev–Trinajstić information content (AvgIpc) is 2.82. The maximum Gasteiger partial charge on any atom is 0.339 e. The molecule has 0 unspecified atom stereocenters. The summed E-state index contributed by atoms with van der Waals surface area (Å²) in [4.78, 5) is 6.19. The maximum atomic E-state index is 12.8. The second kappa shape index (κ2) is 10.7. The molecule has 0 saturated heterocycles. The predicted octanol–water partition coefficient (Wildman–Crippen LogP) is 4.05. The summed E-state index contributed by atoms with van der Waals surface area (Å²) in [6.45, 7) is 4.79. The minimum Gasteiger partial charge on any atom is -0.495 e. The summed E-state index contributed by atoms with van der Waals surface area (Å²) < 4.78 is 41.6. The number of hydrogen-bond donors (Lipinski definition) is 0. The van der Waals surface area contributed by atoms with Crippen LogP contribution in [0.5, 0.6) is 17.4 Å². The molecule has 8 heteroatoms. The van der Waals surface area contributed by atoms with E-state index in [0.29, 0.717) is 36.0 Å². The summed E-state index contributed by atoms with van der Waals surface area (Å²) in [5.74, 6) is 7.40. The number of benzene rings is 2. The quantitative estimate of drug-likeness (QED) is 0.366. The molecule has 0 N–H and O–H groups in total. The zero-order chi connectivity index (χ0) is 23.8. The number of hydrogen-bond acceptors (Lipinski definition) is 7. The Bertz CT molecular complexity index is 1260. The number of ether oxygens (including phenoxy) is 2. The van der Waals surface area contributed by atoms with Gasteiger partial charge in [-0.05, 0) is 38.1 Å². The molecule has 1 aromatic heterocycles. The van der Waals surface area contributed by atoms with Crippen LogP contribution in [0.1, 0.15) is 18.1 Å². The Balaban J connectivity index is 1.84. The number of pyridine rings is 1. The summed E-state index contributed by atoms with van der Waals surface area (Å²) in [7, 11) is -0.884. The number of rotatable bonds is 8. The SMILES string of the molecule is CCN(CC#Cc1cnc(OC)cc1OC)c1ccccc1OS(=O)(=O)c1ccc(C)cc1. The molecule has 0 saturated carbocycles. The Labute approximate surface area is 195 Å². The van der Waals surface area contributed by atoms with E-state index in [1.807, 2.05) is 24.8 Å². The Morgan fingerprint density at radius 1 is 1.00 bits per heavy atom. The van der Waals surface area contributed by atoms with Crippen molar-refractivity contribution in [3.8, 4) is 29.2 Å². The summed E-state index contributed by atoms with van der Waals surface area (Å²) in [6.07, 6.45) is 1.59. The topological polar surface area (TPSA) is 78.0 Å². The third-order valence-electron chi connectivity index (χ3n) is 4.86. The van der Waals surface area contributed by atoms with Crippen LogP contribution in [0.15, 0.2) is 65.7 Å². The van der Waals surface area contributed by atoms with Gasteiger partial charge < -0.3 is 18.6 Å². The van der Waals surface area contributed by atoms with Gasteiger partial charge in [-0.2, -0.15) is 8.42 Å². The van der Waals surface area contributed by atoms with Crippen molar-refractivity contribution < 1.29 is 22.1 Å². The zero-order valence-corrected chi connectivity index (χ0v) is 19.8. The summed E-state index contributed by atoms with van der Waals surface area (Å²) in [5.41, 5.74) is 2.22. The van der Waals surface area contributed by atoms with Gasteiger partial charge in [0.1, 0.15) is 10.6 Å². The van der Waals surface area contributed by atoms with Gasteiger partial charge in [0.25, 0.3) is 0 Å². The molecule has 7 nitrogen and oxygen atoms in total. The van der Waals surface area contributed by atoms with Gasteiger partial charge in [0.2, 0.25) is 5.88 Å². The highest BCUT2D eigenvalue weighted by atomic mass is 32.2. The van der Waals surface area contributed by atoms with Crippen LogP contribution in [0.3, 0.4) is 0 Å². The van der Waals surface area contributed by atoms with Crippen molar-refractivity contribution in [1.29, 1.82) is 0 Å².